The number of nitrogens with two attached hydrogens (primary N) is 1. The Kier molecular flexibility index (Phi) is 6.16. The van der Waals surface area contributed by atoms with Crippen molar-refractivity contribution in [3.63, 3.8) is 0 Å². The van der Waals surface area contributed by atoms with Crippen LogP contribution >= 0.6 is 0 Å². The zero-order valence-corrected chi connectivity index (χ0v) is 17.5. The minimum atomic E-state index is -0.263. The summed E-state index contributed by atoms with van der Waals surface area (Å²) in [5.74, 6) is -0.0527. The summed E-state index contributed by atoms with van der Waals surface area (Å²) in [5.41, 5.74) is 9.83. The molecule has 0 aliphatic rings. The molecule has 158 valence electrons. The number of amides is 1. The molecule has 4 aromatic rings. The zero-order valence-electron chi connectivity index (χ0n) is 17.5. The largest absolute Gasteiger partial charge is 0.383 e. The van der Waals surface area contributed by atoms with E-state index in [2.05, 4.69) is 32.3 Å². The number of anilines is 1. The maximum Gasteiger partial charge on any atom is 0.257 e. The lowest BCUT2D eigenvalue weighted by molar-refractivity contribution is 0.0955. The Morgan fingerprint density at radius 1 is 1.10 bits per heavy atom. The van der Waals surface area contributed by atoms with E-state index >= 15 is 0 Å². The van der Waals surface area contributed by atoms with Gasteiger partial charge in [-0.2, -0.15) is 9.78 Å². The Hall–Kier alpha value is -3.81. The number of fused-ring (bicyclic) bond motifs is 2. The molecule has 1 amide bonds. The highest BCUT2D eigenvalue weighted by Crippen LogP contribution is 2.27. The van der Waals surface area contributed by atoms with Gasteiger partial charge in [0.15, 0.2) is 5.65 Å². The molecule has 3 aromatic heterocycles. The van der Waals surface area contributed by atoms with Crippen molar-refractivity contribution < 1.29 is 4.79 Å². The molecule has 0 aliphatic carbocycles. The van der Waals surface area contributed by atoms with Gasteiger partial charge in [-0.3, -0.25) is 9.78 Å². The number of rotatable bonds is 8. The van der Waals surface area contributed by atoms with Crippen LogP contribution in [-0.4, -0.2) is 38.3 Å². The van der Waals surface area contributed by atoms with Gasteiger partial charge in [0.05, 0.1) is 17.2 Å². The predicted molar refractivity (Wildman–Crippen MR) is 123 cm³/mol. The Morgan fingerprint density at radius 3 is 2.58 bits per heavy atom. The van der Waals surface area contributed by atoms with Crippen molar-refractivity contribution in [3.8, 4) is 0 Å². The second kappa shape index (κ2) is 9.34. The molecule has 0 saturated heterocycles. The number of unbranched alkanes of at least 4 members (excludes halogenated alkanes) is 3. The molecule has 0 aliphatic heterocycles. The molecular formula is C23H25N7O. The molecule has 0 atom stereocenters. The van der Waals surface area contributed by atoms with E-state index in [1.807, 2.05) is 36.4 Å². The first-order chi connectivity index (χ1) is 15.2. The molecular weight excluding hydrogens is 390 g/mol. The zero-order chi connectivity index (χ0) is 21.6. The van der Waals surface area contributed by atoms with Crippen LogP contribution in [0.5, 0.6) is 0 Å². The maximum atomic E-state index is 13.0. The predicted octanol–water partition coefficient (Wildman–Crippen LogP) is 3.75. The number of nitrogen functional groups attached to an aromatic ring is 1. The number of benzene rings is 1. The number of nitrogens with zero attached hydrogens (tertiary/aromatic N) is 5. The molecule has 0 fully saturated rings. The number of carbonyl (C=O) groups excluding carboxylic acids is 1. The third-order valence-corrected chi connectivity index (χ3v) is 5.05. The van der Waals surface area contributed by atoms with Crippen molar-refractivity contribution in [1.82, 2.24) is 24.9 Å². The number of para-hydroxylation sites is 2. The number of aromatic nitrogens is 4. The van der Waals surface area contributed by atoms with Crippen LogP contribution in [-0.2, 0) is 0 Å². The van der Waals surface area contributed by atoms with Gasteiger partial charge in [-0.15, -0.1) is 0 Å². The van der Waals surface area contributed by atoms with Gasteiger partial charge in [-0.25, -0.2) is 9.97 Å². The molecule has 0 saturated carbocycles. The maximum absolute atomic E-state index is 13.0. The SMILES string of the molecule is CCCCCCNC(=O)c1c(N)n(/N=C\c2ccncc2)c2nc3ccccc3nc12. The Balaban J connectivity index is 1.75. The van der Waals surface area contributed by atoms with Gasteiger partial charge >= 0.3 is 0 Å². The molecule has 0 bridgehead atoms. The summed E-state index contributed by atoms with van der Waals surface area (Å²) in [6.45, 7) is 2.75. The first-order valence-corrected chi connectivity index (χ1v) is 10.5. The van der Waals surface area contributed by atoms with E-state index in [0.717, 1.165) is 31.2 Å². The first-order valence-electron chi connectivity index (χ1n) is 10.5. The van der Waals surface area contributed by atoms with Crippen LogP contribution in [0.4, 0.5) is 5.82 Å². The van der Waals surface area contributed by atoms with Crippen molar-refractivity contribution in [1.29, 1.82) is 0 Å². The number of hydrogen-bond donors (Lipinski definition) is 2. The molecule has 1 aromatic carbocycles. The molecule has 0 unspecified atom stereocenters. The van der Waals surface area contributed by atoms with Crippen LogP contribution < -0.4 is 11.1 Å². The van der Waals surface area contributed by atoms with E-state index in [9.17, 15) is 4.79 Å². The fraction of sp³-hybridized carbons (Fsp3) is 0.261. The van der Waals surface area contributed by atoms with E-state index in [-0.39, 0.29) is 11.7 Å². The fourth-order valence-corrected chi connectivity index (χ4v) is 3.40. The van der Waals surface area contributed by atoms with Crippen molar-refractivity contribution in [2.24, 2.45) is 5.10 Å². The molecule has 4 rings (SSSR count). The van der Waals surface area contributed by atoms with Crippen LogP contribution in [0.25, 0.3) is 22.2 Å². The number of pyridine rings is 1. The smallest absolute Gasteiger partial charge is 0.257 e. The van der Waals surface area contributed by atoms with Crippen molar-refractivity contribution in [2.75, 3.05) is 12.3 Å². The quantitative estimate of drug-likeness (QED) is 0.336. The molecule has 8 nitrogen and oxygen atoms in total. The standard InChI is InChI=1S/C23H25N7O/c1-2-3-4-7-12-26-23(31)19-20-22(29-18-9-6-5-8-17(18)28-20)30(21(19)24)27-15-16-10-13-25-14-11-16/h5-6,8-11,13-15H,2-4,7,12,24H2,1H3,(H,26,31)/b27-15-. The molecule has 3 N–H and O–H groups in total. The van der Waals surface area contributed by atoms with Crippen molar-refractivity contribution >= 4 is 40.1 Å². The van der Waals surface area contributed by atoms with Crippen LogP contribution in [0, 0.1) is 0 Å². The lowest BCUT2D eigenvalue weighted by atomic mass is 10.2. The average Bonchev–Trinajstić information content (AvgIpc) is 3.06. The van der Waals surface area contributed by atoms with Crippen LogP contribution in [0.15, 0.2) is 53.9 Å². The minimum absolute atomic E-state index is 0.210. The van der Waals surface area contributed by atoms with Gasteiger partial charge in [-0.1, -0.05) is 38.3 Å². The molecule has 8 heteroatoms. The Bertz CT molecular complexity index is 1230. The summed E-state index contributed by atoms with van der Waals surface area (Å²) >= 11 is 0. The summed E-state index contributed by atoms with van der Waals surface area (Å²) in [6, 6.07) is 11.2. The normalized spacial score (nSPS) is 11.5. The summed E-state index contributed by atoms with van der Waals surface area (Å²) in [6.07, 6.45) is 9.32. The van der Waals surface area contributed by atoms with Gasteiger partial charge in [0.2, 0.25) is 0 Å². The van der Waals surface area contributed by atoms with Gasteiger partial charge in [0, 0.05) is 18.9 Å². The van der Waals surface area contributed by atoms with E-state index in [4.69, 9.17) is 5.73 Å². The van der Waals surface area contributed by atoms with E-state index in [1.165, 1.54) is 4.68 Å². The lowest BCUT2D eigenvalue weighted by Crippen LogP contribution is -2.25. The summed E-state index contributed by atoms with van der Waals surface area (Å²) in [5, 5.41) is 7.46. The van der Waals surface area contributed by atoms with Gasteiger partial charge in [0.1, 0.15) is 16.9 Å². The molecule has 0 radical (unpaired) electrons. The van der Waals surface area contributed by atoms with Gasteiger partial charge in [0.25, 0.3) is 5.91 Å². The Labute approximate surface area is 180 Å². The molecule has 31 heavy (non-hydrogen) atoms. The van der Waals surface area contributed by atoms with E-state index in [0.29, 0.717) is 34.3 Å². The molecule has 0 spiro atoms. The van der Waals surface area contributed by atoms with Crippen LogP contribution in [0.3, 0.4) is 0 Å². The number of nitrogens with one attached hydrogen (secondary N) is 1. The number of hydrogen-bond acceptors (Lipinski definition) is 6. The summed E-state index contributed by atoms with van der Waals surface area (Å²) in [7, 11) is 0. The second-order valence-corrected chi connectivity index (χ2v) is 7.30. The Morgan fingerprint density at radius 2 is 1.84 bits per heavy atom. The summed E-state index contributed by atoms with van der Waals surface area (Å²) < 4.78 is 1.47. The highest BCUT2D eigenvalue weighted by atomic mass is 16.1. The fourth-order valence-electron chi connectivity index (χ4n) is 3.40. The number of carbonyl (C=O) groups is 1. The minimum Gasteiger partial charge on any atom is -0.383 e. The highest BCUT2D eigenvalue weighted by molar-refractivity contribution is 6.10. The third-order valence-electron chi connectivity index (χ3n) is 5.05. The third kappa shape index (κ3) is 4.37. The van der Waals surface area contributed by atoms with Crippen molar-refractivity contribution in [3.05, 3.63) is 59.9 Å². The summed E-state index contributed by atoms with van der Waals surface area (Å²) in [4.78, 5) is 26.4. The molecule has 3 heterocycles. The van der Waals surface area contributed by atoms with E-state index in [1.54, 1.807) is 18.6 Å². The monoisotopic (exact) mass is 415 g/mol. The van der Waals surface area contributed by atoms with Crippen LogP contribution in [0.1, 0.15) is 48.5 Å². The lowest BCUT2D eigenvalue weighted by Gasteiger charge is -2.05. The topological polar surface area (TPSA) is 111 Å². The second-order valence-electron chi connectivity index (χ2n) is 7.30. The highest BCUT2D eigenvalue weighted by Gasteiger charge is 2.23. The average molecular weight is 416 g/mol. The first kappa shape index (κ1) is 20.5. The van der Waals surface area contributed by atoms with Gasteiger partial charge in [-0.05, 0) is 36.2 Å². The van der Waals surface area contributed by atoms with E-state index < -0.39 is 0 Å². The van der Waals surface area contributed by atoms with Gasteiger partial charge < -0.3 is 11.1 Å². The van der Waals surface area contributed by atoms with Crippen LogP contribution in [0.2, 0.25) is 0 Å². The van der Waals surface area contributed by atoms with Crippen molar-refractivity contribution in [2.45, 2.75) is 32.6 Å².